The highest BCUT2D eigenvalue weighted by Gasteiger charge is 2.28. The molecule has 1 amide bonds. The van der Waals surface area contributed by atoms with Gasteiger partial charge >= 0.3 is 0 Å². The SMILES string of the molecule is Cl.Nc1ncnc2cc(CN3CC[C@H](N)C3=O)ccc12. The predicted molar refractivity (Wildman–Crippen MR) is 79.2 cm³/mol. The molecule has 6 nitrogen and oxygen atoms in total. The lowest BCUT2D eigenvalue weighted by atomic mass is 10.1. The normalized spacial score (nSPS) is 18.4. The van der Waals surface area contributed by atoms with Gasteiger partial charge < -0.3 is 16.4 Å². The average molecular weight is 294 g/mol. The summed E-state index contributed by atoms with van der Waals surface area (Å²) < 4.78 is 0. The first-order chi connectivity index (χ1) is 9.15. The topological polar surface area (TPSA) is 98.1 Å². The monoisotopic (exact) mass is 293 g/mol. The third-order valence-electron chi connectivity index (χ3n) is 3.44. The molecule has 1 atom stereocenters. The minimum atomic E-state index is -0.349. The number of rotatable bonds is 2. The number of carbonyl (C=O) groups excluding carboxylic acids is 1. The number of amides is 1. The summed E-state index contributed by atoms with van der Waals surface area (Å²) in [6.07, 6.45) is 2.17. The van der Waals surface area contributed by atoms with Gasteiger partial charge in [-0.15, -0.1) is 12.4 Å². The molecule has 1 saturated heterocycles. The van der Waals surface area contributed by atoms with Gasteiger partial charge in [-0.2, -0.15) is 0 Å². The maximum atomic E-state index is 11.8. The lowest BCUT2D eigenvalue weighted by molar-refractivity contribution is -0.129. The summed E-state index contributed by atoms with van der Waals surface area (Å²) in [4.78, 5) is 21.7. The first-order valence-electron chi connectivity index (χ1n) is 6.18. The number of benzene rings is 1. The molecule has 1 aromatic heterocycles. The van der Waals surface area contributed by atoms with Gasteiger partial charge in [-0.05, 0) is 24.1 Å². The standard InChI is InChI=1S/C13H15N5O.ClH/c14-10-3-4-18(13(10)19)6-8-1-2-9-11(5-8)16-7-17-12(9)15;/h1-2,5,7,10H,3-4,6,14H2,(H2,15,16,17);1H/t10-;/m0./s1. The van der Waals surface area contributed by atoms with E-state index < -0.39 is 0 Å². The zero-order valence-electron chi connectivity index (χ0n) is 10.8. The second kappa shape index (κ2) is 5.60. The van der Waals surface area contributed by atoms with Crippen LogP contribution in [0.4, 0.5) is 5.82 Å². The van der Waals surface area contributed by atoms with Crippen molar-refractivity contribution in [2.45, 2.75) is 19.0 Å². The number of nitrogens with two attached hydrogens (primary N) is 2. The van der Waals surface area contributed by atoms with E-state index in [1.54, 1.807) is 4.90 Å². The van der Waals surface area contributed by atoms with Crippen molar-refractivity contribution in [2.24, 2.45) is 5.73 Å². The quantitative estimate of drug-likeness (QED) is 0.849. The fourth-order valence-electron chi connectivity index (χ4n) is 2.36. The van der Waals surface area contributed by atoms with Gasteiger partial charge in [-0.25, -0.2) is 9.97 Å². The molecular weight excluding hydrogens is 278 g/mol. The summed E-state index contributed by atoms with van der Waals surface area (Å²) in [5, 5.41) is 0.829. The van der Waals surface area contributed by atoms with Gasteiger partial charge in [-0.1, -0.05) is 6.07 Å². The van der Waals surface area contributed by atoms with Crippen molar-refractivity contribution in [3.63, 3.8) is 0 Å². The molecule has 0 bridgehead atoms. The van der Waals surface area contributed by atoms with E-state index in [9.17, 15) is 4.79 Å². The summed E-state index contributed by atoms with van der Waals surface area (Å²) in [5.74, 6) is 0.484. The first kappa shape index (κ1) is 14.5. The molecule has 1 aromatic carbocycles. The molecule has 20 heavy (non-hydrogen) atoms. The molecule has 2 heterocycles. The van der Waals surface area contributed by atoms with Gasteiger partial charge in [0, 0.05) is 18.5 Å². The Morgan fingerprint density at radius 1 is 1.35 bits per heavy atom. The van der Waals surface area contributed by atoms with Gasteiger partial charge in [0.25, 0.3) is 0 Å². The summed E-state index contributed by atoms with van der Waals surface area (Å²) in [6, 6.07) is 5.42. The maximum Gasteiger partial charge on any atom is 0.239 e. The Hall–Kier alpha value is -1.92. The largest absolute Gasteiger partial charge is 0.383 e. The molecule has 1 aliphatic rings. The Morgan fingerprint density at radius 2 is 2.15 bits per heavy atom. The van der Waals surface area contributed by atoms with Crippen LogP contribution in [0.1, 0.15) is 12.0 Å². The summed E-state index contributed by atoms with van der Waals surface area (Å²) in [7, 11) is 0. The van der Waals surface area contributed by atoms with Crippen LogP contribution in [-0.4, -0.2) is 33.4 Å². The van der Waals surface area contributed by atoms with Crippen LogP contribution in [0, 0.1) is 0 Å². The van der Waals surface area contributed by atoms with Gasteiger partial charge in [0.2, 0.25) is 5.91 Å². The van der Waals surface area contributed by atoms with Gasteiger partial charge in [0.15, 0.2) is 0 Å². The van der Waals surface area contributed by atoms with Crippen molar-refractivity contribution < 1.29 is 4.79 Å². The van der Waals surface area contributed by atoms with E-state index >= 15 is 0 Å². The summed E-state index contributed by atoms with van der Waals surface area (Å²) in [6.45, 7) is 1.27. The van der Waals surface area contributed by atoms with Crippen molar-refractivity contribution in [3.05, 3.63) is 30.1 Å². The number of halogens is 1. The summed E-state index contributed by atoms with van der Waals surface area (Å²) in [5.41, 5.74) is 13.3. The first-order valence-corrected chi connectivity index (χ1v) is 6.18. The number of carbonyl (C=O) groups is 1. The van der Waals surface area contributed by atoms with Crippen LogP contribution >= 0.6 is 12.4 Å². The highest BCUT2D eigenvalue weighted by atomic mass is 35.5. The van der Waals surface area contributed by atoms with Gasteiger partial charge in [0.1, 0.15) is 12.1 Å². The zero-order chi connectivity index (χ0) is 13.4. The zero-order valence-corrected chi connectivity index (χ0v) is 11.6. The van der Waals surface area contributed by atoms with E-state index in [1.165, 1.54) is 6.33 Å². The molecule has 4 N–H and O–H groups in total. The average Bonchev–Trinajstić information content (AvgIpc) is 2.71. The molecule has 0 unspecified atom stereocenters. The number of fused-ring (bicyclic) bond motifs is 1. The van der Waals surface area contributed by atoms with E-state index in [0.717, 1.165) is 22.9 Å². The Labute approximate surface area is 122 Å². The van der Waals surface area contributed by atoms with Crippen molar-refractivity contribution >= 4 is 35.0 Å². The number of likely N-dealkylation sites (tertiary alicyclic amines) is 1. The minimum Gasteiger partial charge on any atom is -0.383 e. The second-order valence-corrected chi connectivity index (χ2v) is 4.77. The Bertz CT molecular complexity index is 648. The van der Waals surface area contributed by atoms with E-state index in [-0.39, 0.29) is 24.4 Å². The van der Waals surface area contributed by atoms with E-state index in [4.69, 9.17) is 11.5 Å². The Kier molecular flexibility index (Phi) is 4.06. The molecule has 0 spiro atoms. The number of hydrogen-bond acceptors (Lipinski definition) is 5. The lowest BCUT2D eigenvalue weighted by Gasteiger charge is -2.16. The molecule has 106 valence electrons. The van der Waals surface area contributed by atoms with E-state index in [1.807, 2.05) is 18.2 Å². The minimum absolute atomic E-state index is 0. The Balaban J connectivity index is 0.00000147. The predicted octanol–water partition coefficient (Wildman–Crippen LogP) is 0.693. The molecule has 0 saturated carbocycles. The van der Waals surface area contributed by atoms with Crippen LogP contribution in [-0.2, 0) is 11.3 Å². The number of hydrogen-bond donors (Lipinski definition) is 2. The van der Waals surface area contributed by atoms with Crippen LogP contribution in [0.2, 0.25) is 0 Å². The van der Waals surface area contributed by atoms with Gasteiger partial charge in [0.05, 0.1) is 11.6 Å². The maximum absolute atomic E-state index is 11.8. The fraction of sp³-hybridized carbons (Fsp3) is 0.308. The number of nitrogens with zero attached hydrogens (tertiary/aromatic N) is 3. The van der Waals surface area contributed by atoms with Crippen molar-refractivity contribution in [2.75, 3.05) is 12.3 Å². The number of aromatic nitrogens is 2. The van der Waals surface area contributed by atoms with Crippen LogP contribution in [0.25, 0.3) is 10.9 Å². The highest BCUT2D eigenvalue weighted by Crippen LogP contribution is 2.20. The molecular formula is C13H16ClN5O. The van der Waals surface area contributed by atoms with E-state index in [0.29, 0.717) is 18.9 Å². The fourth-order valence-corrected chi connectivity index (χ4v) is 2.36. The van der Waals surface area contributed by atoms with Crippen molar-refractivity contribution in [3.8, 4) is 0 Å². The van der Waals surface area contributed by atoms with Crippen LogP contribution in [0.5, 0.6) is 0 Å². The van der Waals surface area contributed by atoms with Crippen molar-refractivity contribution in [1.82, 2.24) is 14.9 Å². The number of nitrogen functional groups attached to an aromatic ring is 1. The number of anilines is 1. The lowest BCUT2D eigenvalue weighted by Crippen LogP contribution is -2.33. The second-order valence-electron chi connectivity index (χ2n) is 4.77. The molecule has 0 aliphatic carbocycles. The van der Waals surface area contributed by atoms with Crippen LogP contribution in [0.15, 0.2) is 24.5 Å². The Morgan fingerprint density at radius 3 is 2.85 bits per heavy atom. The molecule has 3 rings (SSSR count). The molecule has 7 heteroatoms. The molecule has 0 radical (unpaired) electrons. The van der Waals surface area contributed by atoms with Gasteiger partial charge in [-0.3, -0.25) is 4.79 Å². The van der Waals surface area contributed by atoms with Crippen LogP contribution in [0.3, 0.4) is 0 Å². The third-order valence-corrected chi connectivity index (χ3v) is 3.44. The molecule has 1 aliphatic heterocycles. The van der Waals surface area contributed by atoms with E-state index in [2.05, 4.69) is 9.97 Å². The van der Waals surface area contributed by atoms with Crippen molar-refractivity contribution in [1.29, 1.82) is 0 Å². The smallest absolute Gasteiger partial charge is 0.239 e. The third kappa shape index (κ3) is 2.52. The highest BCUT2D eigenvalue weighted by molar-refractivity contribution is 5.88. The van der Waals surface area contributed by atoms with Crippen LogP contribution < -0.4 is 11.5 Å². The summed E-state index contributed by atoms with van der Waals surface area (Å²) >= 11 is 0. The molecule has 2 aromatic rings. The molecule has 1 fully saturated rings.